The molecule has 1 saturated carbocycles. The Balaban J connectivity index is 2.27. The average molecular weight is 195 g/mol. The summed E-state index contributed by atoms with van der Waals surface area (Å²) >= 11 is 10.8. The Morgan fingerprint density at radius 3 is 2.73 bits per heavy atom. The molecule has 0 amide bonds. The van der Waals surface area contributed by atoms with E-state index in [1.807, 2.05) is 0 Å². The first-order valence-corrected chi connectivity index (χ1v) is 4.05. The molecule has 0 aromatic rings. The molecule has 0 aromatic heterocycles. The van der Waals surface area contributed by atoms with Crippen molar-refractivity contribution in [3.8, 4) is 0 Å². The van der Waals surface area contributed by atoms with Crippen molar-refractivity contribution in [3.63, 3.8) is 0 Å². The van der Waals surface area contributed by atoms with Crippen molar-refractivity contribution in [2.45, 2.75) is 19.4 Å². The summed E-state index contributed by atoms with van der Waals surface area (Å²) in [4.78, 5) is 10.4. The Kier molecular flexibility index (Phi) is 2.79. The van der Waals surface area contributed by atoms with Crippen molar-refractivity contribution in [1.82, 2.24) is 0 Å². The maximum atomic E-state index is 10.4. The van der Waals surface area contributed by atoms with Gasteiger partial charge in [-0.15, -0.1) is 0 Å². The fraction of sp³-hybridized carbons (Fsp3) is 0.571. The van der Waals surface area contributed by atoms with Gasteiger partial charge in [-0.2, -0.15) is 0 Å². The highest BCUT2D eigenvalue weighted by molar-refractivity contribution is 6.55. The van der Waals surface area contributed by atoms with Crippen LogP contribution in [-0.4, -0.2) is 12.1 Å². The van der Waals surface area contributed by atoms with Gasteiger partial charge >= 0.3 is 5.97 Å². The number of halogens is 2. The second kappa shape index (κ2) is 3.46. The summed E-state index contributed by atoms with van der Waals surface area (Å²) in [5, 5.41) is 0. The molecule has 1 aliphatic rings. The van der Waals surface area contributed by atoms with Crippen molar-refractivity contribution >= 4 is 29.2 Å². The van der Waals surface area contributed by atoms with E-state index in [0.717, 1.165) is 6.42 Å². The normalized spacial score (nSPS) is 27.5. The molecule has 2 nitrogen and oxygen atoms in total. The molecule has 11 heavy (non-hydrogen) atoms. The lowest BCUT2D eigenvalue weighted by molar-refractivity contribution is -0.142. The van der Waals surface area contributed by atoms with Crippen LogP contribution >= 0.6 is 23.2 Å². The molecular formula is C7H8Cl2O2. The molecule has 1 fully saturated rings. The third kappa shape index (κ3) is 3.12. The number of carbonyl (C=O) groups is 1. The van der Waals surface area contributed by atoms with E-state index in [9.17, 15) is 4.79 Å². The van der Waals surface area contributed by atoms with Crippen LogP contribution in [-0.2, 0) is 9.53 Å². The molecule has 0 saturated heterocycles. The molecule has 0 N–H and O–H groups in total. The zero-order chi connectivity index (χ0) is 8.43. The topological polar surface area (TPSA) is 26.3 Å². The number of hydrogen-bond acceptors (Lipinski definition) is 2. The largest absolute Gasteiger partial charge is 0.462 e. The molecule has 0 radical (unpaired) electrons. The monoisotopic (exact) mass is 194 g/mol. The minimum atomic E-state index is -0.253. The first kappa shape index (κ1) is 8.88. The first-order chi connectivity index (χ1) is 5.09. The zero-order valence-corrected chi connectivity index (χ0v) is 7.52. The molecule has 4 heteroatoms. The van der Waals surface area contributed by atoms with Crippen LogP contribution in [0.4, 0.5) is 0 Å². The Morgan fingerprint density at radius 2 is 2.27 bits per heavy atom. The molecule has 62 valence electrons. The maximum Gasteiger partial charge on any atom is 0.302 e. The minimum absolute atomic E-state index is 0.000000000000000444. The molecule has 0 bridgehead atoms. The van der Waals surface area contributed by atoms with Crippen LogP contribution in [0.5, 0.6) is 0 Å². The molecule has 0 spiro atoms. The summed E-state index contributed by atoms with van der Waals surface area (Å²) < 4.78 is 5.11. The fourth-order valence-electron chi connectivity index (χ4n) is 0.876. The molecule has 1 aliphatic carbocycles. The number of rotatable bonds is 2. The maximum absolute atomic E-state index is 10.4. The highest BCUT2D eigenvalue weighted by atomic mass is 35.5. The molecule has 0 heterocycles. The van der Waals surface area contributed by atoms with Gasteiger partial charge in [-0.1, -0.05) is 23.2 Å². The summed E-state index contributed by atoms with van der Waals surface area (Å²) in [7, 11) is 0. The molecule has 0 aromatic carbocycles. The highest BCUT2D eigenvalue weighted by Gasteiger charge is 2.38. The van der Waals surface area contributed by atoms with E-state index < -0.39 is 0 Å². The molecule has 0 aliphatic heterocycles. The molecule has 0 unspecified atom stereocenters. The third-order valence-electron chi connectivity index (χ3n) is 1.44. The third-order valence-corrected chi connectivity index (χ3v) is 1.69. The minimum Gasteiger partial charge on any atom is -0.462 e. The van der Waals surface area contributed by atoms with Crippen LogP contribution in [0.25, 0.3) is 0 Å². The van der Waals surface area contributed by atoms with Gasteiger partial charge in [0.05, 0.1) is 0 Å². The van der Waals surface area contributed by atoms with Gasteiger partial charge in [-0.3, -0.25) is 4.79 Å². The van der Waals surface area contributed by atoms with Crippen molar-refractivity contribution in [1.29, 1.82) is 0 Å². The van der Waals surface area contributed by atoms with Gasteiger partial charge in [-0.05, 0) is 12.5 Å². The molecule has 1 rings (SSSR count). The Labute approximate surface area is 75.1 Å². The van der Waals surface area contributed by atoms with Gasteiger partial charge in [0.15, 0.2) is 0 Å². The van der Waals surface area contributed by atoms with Crippen molar-refractivity contribution in [3.05, 3.63) is 10.6 Å². The van der Waals surface area contributed by atoms with E-state index in [-0.39, 0.29) is 22.5 Å². The van der Waals surface area contributed by atoms with Crippen LogP contribution in [0.15, 0.2) is 10.6 Å². The van der Waals surface area contributed by atoms with Gasteiger partial charge in [-0.25, -0.2) is 0 Å². The number of hydrogen-bond donors (Lipinski definition) is 0. The van der Waals surface area contributed by atoms with E-state index in [0.29, 0.717) is 0 Å². The van der Waals surface area contributed by atoms with Gasteiger partial charge in [0.2, 0.25) is 0 Å². The van der Waals surface area contributed by atoms with Gasteiger partial charge in [0.1, 0.15) is 10.6 Å². The lowest BCUT2D eigenvalue weighted by atomic mass is 10.4. The second-order valence-electron chi connectivity index (χ2n) is 2.50. The van der Waals surface area contributed by atoms with Gasteiger partial charge in [0, 0.05) is 12.8 Å². The Hall–Kier alpha value is -0.210. The smallest absolute Gasteiger partial charge is 0.302 e. The summed E-state index contributed by atoms with van der Waals surface area (Å²) in [5.74, 6) is -0.0273. The van der Waals surface area contributed by atoms with E-state index in [4.69, 9.17) is 27.9 Å². The molecule has 2 atom stereocenters. The van der Waals surface area contributed by atoms with E-state index >= 15 is 0 Å². The van der Waals surface area contributed by atoms with Crippen LogP contribution < -0.4 is 0 Å². The molecular weight excluding hydrogens is 187 g/mol. The van der Waals surface area contributed by atoms with E-state index in [1.54, 1.807) is 6.08 Å². The lowest BCUT2D eigenvalue weighted by Gasteiger charge is -1.95. The van der Waals surface area contributed by atoms with Crippen LogP contribution in [0.1, 0.15) is 13.3 Å². The average Bonchev–Trinajstić information content (AvgIpc) is 2.43. The Morgan fingerprint density at radius 1 is 1.64 bits per heavy atom. The van der Waals surface area contributed by atoms with Crippen LogP contribution in [0, 0.1) is 5.92 Å². The van der Waals surface area contributed by atoms with E-state index in [2.05, 4.69) is 0 Å². The van der Waals surface area contributed by atoms with Crippen LogP contribution in [0.3, 0.4) is 0 Å². The summed E-state index contributed by atoms with van der Waals surface area (Å²) in [6.45, 7) is 1.39. The summed E-state index contributed by atoms with van der Waals surface area (Å²) in [5.41, 5.74) is 0. The second-order valence-corrected chi connectivity index (χ2v) is 3.51. The zero-order valence-electron chi connectivity index (χ0n) is 6.01. The lowest BCUT2D eigenvalue weighted by Crippen LogP contribution is -2.01. The van der Waals surface area contributed by atoms with Crippen molar-refractivity contribution in [2.24, 2.45) is 5.92 Å². The standard InChI is InChI=1S/C7H8Cl2O2/c1-4(10)11-6-2-5(6)3-7(8)9/h3,5-6H,2H2,1H3/t5-,6-/m0/s1. The van der Waals surface area contributed by atoms with Crippen molar-refractivity contribution in [2.75, 3.05) is 0 Å². The predicted octanol–water partition coefficient (Wildman–Crippen LogP) is 2.26. The first-order valence-electron chi connectivity index (χ1n) is 3.29. The van der Waals surface area contributed by atoms with E-state index in [1.165, 1.54) is 6.92 Å². The predicted molar refractivity (Wildman–Crippen MR) is 43.5 cm³/mol. The van der Waals surface area contributed by atoms with Crippen molar-refractivity contribution < 1.29 is 9.53 Å². The van der Waals surface area contributed by atoms with Crippen LogP contribution in [0.2, 0.25) is 0 Å². The quantitative estimate of drug-likeness (QED) is 0.631. The number of ether oxygens (including phenoxy) is 1. The number of carbonyl (C=O) groups excluding carboxylic acids is 1. The summed E-state index contributed by atoms with van der Waals surface area (Å²) in [6, 6.07) is 0. The fourth-order valence-corrected chi connectivity index (χ4v) is 1.20. The Bertz CT molecular complexity index is 197. The van der Waals surface area contributed by atoms with Gasteiger partial charge in [0.25, 0.3) is 0 Å². The summed E-state index contributed by atoms with van der Waals surface area (Å²) in [6.07, 6.45) is 2.53. The van der Waals surface area contributed by atoms with Gasteiger partial charge < -0.3 is 4.74 Å². The highest BCUT2D eigenvalue weighted by Crippen LogP contribution is 2.36. The number of esters is 1. The SMILES string of the molecule is CC(=O)O[C@H]1C[C@H]1C=C(Cl)Cl.